The van der Waals surface area contributed by atoms with E-state index in [9.17, 15) is 0 Å². The van der Waals surface area contributed by atoms with Gasteiger partial charge in [-0.25, -0.2) is 0 Å². The van der Waals surface area contributed by atoms with Crippen molar-refractivity contribution in [1.29, 1.82) is 0 Å². The fourth-order valence-electron chi connectivity index (χ4n) is 2.33. The highest BCUT2D eigenvalue weighted by atomic mass is 16.5. The van der Waals surface area contributed by atoms with Gasteiger partial charge in [0.25, 0.3) is 0 Å². The molecule has 0 radical (unpaired) electrons. The maximum Gasteiger partial charge on any atom is 0.134 e. The van der Waals surface area contributed by atoms with Crippen LogP contribution in [0.3, 0.4) is 0 Å². The van der Waals surface area contributed by atoms with E-state index >= 15 is 0 Å². The molecule has 0 fully saturated rings. The first-order chi connectivity index (χ1) is 9.79. The molecule has 1 unspecified atom stereocenters. The minimum Gasteiger partial charge on any atom is -0.494 e. The lowest BCUT2D eigenvalue weighted by Gasteiger charge is -2.14. The molecule has 3 heteroatoms. The smallest absolute Gasteiger partial charge is 0.134 e. The SMILES string of the molecule is CCOc1ccccc1C(N)c1cc2ccccc2o1. The summed E-state index contributed by atoms with van der Waals surface area (Å²) in [7, 11) is 0. The molecule has 3 aromatic rings. The summed E-state index contributed by atoms with van der Waals surface area (Å²) in [5.41, 5.74) is 8.13. The Bertz CT molecular complexity index is 685. The van der Waals surface area contributed by atoms with Crippen LogP contribution in [0.25, 0.3) is 11.0 Å². The van der Waals surface area contributed by atoms with Crippen LogP contribution in [-0.2, 0) is 0 Å². The van der Waals surface area contributed by atoms with Crippen molar-refractivity contribution in [3.8, 4) is 5.75 Å². The van der Waals surface area contributed by atoms with Gasteiger partial charge in [-0.2, -0.15) is 0 Å². The summed E-state index contributed by atoms with van der Waals surface area (Å²) in [4.78, 5) is 0. The molecular formula is C17H17NO2. The van der Waals surface area contributed by atoms with Crippen molar-refractivity contribution in [3.05, 3.63) is 65.9 Å². The molecule has 1 atom stereocenters. The van der Waals surface area contributed by atoms with E-state index in [4.69, 9.17) is 14.9 Å². The van der Waals surface area contributed by atoms with E-state index < -0.39 is 0 Å². The van der Waals surface area contributed by atoms with Gasteiger partial charge in [0.2, 0.25) is 0 Å². The van der Waals surface area contributed by atoms with Gasteiger partial charge in [-0.15, -0.1) is 0 Å². The summed E-state index contributed by atoms with van der Waals surface area (Å²) in [5, 5.41) is 1.06. The Morgan fingerprint density at radius 1 is 1.10 bits per heavy atom. The van der Waals surface area contributed by atoms with Crippen molar-refractivity contribution < 1.29 is 9.15 Å². The van der Waals surface area contributed by atoms with Gasteiger partial charge in [0.05, 0.1) is 12.6 Å². The van der Waals surface area contributed by atoms with Gasteiger partial charge < -0.3 is 14.9 Å². The van der Waals surface area contributed by atoms with E-state index in [1.165, 1.54) is 0 Å². The van der Waals surface area contributed by atoms with E-state index in [1.54, 1.807) is 0 Å². The van der Waals surface area contributed by atoms with Crippen molar-refractivity contribution in [2.75, 3.05) is 6.61 Å². The van der Waals surface area contributed by atoms with Crippen LogP contribution in [0.1, 0.15) is 24.3 Å². The van der Waals surface area contributed by atoms with Gasteiger partial charge in [-0.3, -0.25) is 0 Å². The van der Waals surface area contributed by atoms with Crippen LogP contribution in [0.4, 0.5) is 0 Å². The molecule has 0 aliphatic carbocycles. The van der Waals surface area contributed by atoms with Crippen LogP contribution in [0.2, 0.25) is 0 Å². The first-order valence-corrected chi connectivity index (χ1v) is 6.75. The summed E-state index contributed by atoms with van der Waals surface area (Å²) >= 11 is 0. The molecule has 0 aliphatic rings. The van der Waals surface area contributed by atoms with Gasteiger partial charge in [0.1, 0.15) is 17.1 Å². The van der Waals surface area contributed by atoms with Crippen LogP contribution < -0.4 is 10.5 Å². The molecule has 0 spiro atoms. The zero-order chi connectivity index (χ0) is 13.9. The Morgan fingerprint density at radius 3 is 2.65 bits per heavy atom. The number of ether oxygens (including phenoxy) is 1. The van der Waals surface area contributed by atoms with Gasteiger partial charge in [0, 0.05) is 10.9 Å². The van der Waals surface area contributed by atoms with Gasteiger partial charge in [-0.1, -0.05) is 36.4 Å². The normalized spacial score (nSPS) is 12.5. The monoisotopic (exact) mass is 267 g/mol. The lowest BCUT2D eigenvalue weighted by atomic mass is 10.0. The zero-order valence-electron chi connectivity index (χ0n) is 11.4. The first-order valence-electron chi connectivity index (χ1n) is 6.75. The average Bonchev–Trinajstić information content (AvgIpc) is 2.91. The van der Waals surface area contributed by atoms with Crippen molar-refractivity contribution in [2.45, 2.75) is 13.0 Å². The largest absolute Gasteiger partial charge is 0.494 e. The van der Waals surface area contributed by atoms with Crippen molar-refractivity contribution >= 4 is 11.0 Å². The third-order valence-electron chi connectivity index (χ3n) is 3.31. The minimum absolute atomic E-state index is 0.329. The van der Waals surface area contributed by atoms with E-state index in [2.05, 4.69) is 0 Å². The van der Waals surface area contributed by atoms with Crippen LogP contribution in [0, 0.1) is 0 Å². The molecule has 0 saturated heterocycles. The number of para-hydroxylation sites is 2. The number of furan rings is 1. The predicted molar refractivity (Wildman–Crippen MR) is 79.9 cm³/mol. The second-order valence-corrected chi connectivity index (χ2v) is 4.64. The number of rotatable bonds is 4. The molecule has 0 saturated carbocycles. The van der Waals surface area contributed by atoms with Gasteiger partial charge >= 0.3 is 0 Å². The summed E-state index contributed by atoms with van der Waals surface area (Å²) < 4.78 is 11.5. The number of hydrogen-bond acceptors (Lipinski definition) is 3. The Kier molecular flexibility index (Phi) is 3.44. The highest BCUT2D eigenvalue weighted by molar-refractivity contribution is 5.78. The summed E-state index contributed by atoms with van der Waals surface area (Å²) in [6.45, 7) is 2.58. The van der Waals surface area contributed by atoms with Crippen molar-refractivity contribution in [3.63, 3.8) is 0 Å². The molecule has 2 N–H and O–H groups in total. The lowest BCUT2D eigenvalue weighted by Crippen LogP contribution is -2.12. The Hall–Kier alpha value is -2.26. The fraction of sp³-hybridized carbons (Fsp3) is 0.176. The van der Waals surface area contributed by atoms with Crippen LogP contribution >= 0.6 is 0 Å². The number of nitrogens with two attached hydrogens (primary N) is 1. The Labute approximate surface area is 118 Å². The molecule has 1 heterocycles. The Morgan fingerprint density at radius 2 is 1.85 bits per heavy atom. The Balaban J connectivity index is 2.01. The maximum absolute atomic E-state index is 6.34. The molecule has 0 amide bonds. The summed E-state index contributed by atoms with van der Waals surface area (Å²) in [6, 6.07) is 17.4. The molecule has 0 aliphatic heterocycles. The van der Waals surface area contributed by atoms with Crippen molar-refractivity contribution in [2.24, 2.45) is 5.73 Å². The van der Waals surface area contributed by atoms with Gasteiger partial charge in [0.15, 0.2) is 0 Å². The second kappa shape index (κ2) is 5.39. The predicted octanol–water partition coefficient (Wildman–Crippen LogP) is 3.88. The van der Waals surface area contributed by atoms with Crippen LogP contribution in [0.15, 0.2) is 59.0 Å². The average molecular weight is 267 g/mol. The minimum atomic E-state index is -0.329. The maximum atomic E-state index is 6.34. The molecule has 2 aromatic carbocycles. The molecule has 102 valence electrons. The third kappa shape index (κ3) is 2.28. The zero-order valence-corrected chi connectivity index (χ0v) is 11.4. The summed E-state index contributed by atoms with van der Waals surface area (Å²) in [5.74, 6) is 1.56. The highest BCUT2D eigenvalue weighted by Gasteiger charge is 2.17. The van der Waals surface area contributed by atoms with E-state index in [-0.39, 0.29) is 6.04 Å². The van der Waals surface area contributed by atoms with E-state index in [0.717, 1.165) is 28.0 Å². The number of hydrogen-bond donors (Lipinski definition) is 1. The van der Waals surface area contributed by atoms with Crippen molar-refractivity contribution in [1.82, 2.24) is 0 Å². The van der Waals surface area contributed by atoms with E-state index in [1.807, 2.05) is 61.5 Å². The van der Waals surface area contributed by atoms with E-state index in [0.29, 0.717) is 6.61 Å². The van der Waals surface area contributed by atoms with Crippen LogP contribution in [0.5, 0.6) is 5.75 Å². The quantitative estimate of drug-likeness (QED) is 0.780. The molecule has 3 rings (SSSR count). The summed E-state index contributed by atoms with van der Waals surface area (Å²) in [6.07, 6.45) is 0. The van der Waals surface area contributed by atoms with Crippen LogP contribution in [-0.4, -0.2) is 6.61 Å². The molecule has 1 aromatic heterocycles. The number of benzene rings is 2. The highest BCUT2D eigenvalue weighted by Crippen LogP contribution is 2.31. The molecule has 0 bridgehead atoms. The molecular weight excluding hydrogens is 250 g/mol. The fourth-order valence-corrected chi connectivity index (χ4v) is 2.33. The second-order valence-electron chi connectivity index (χ2n) is 4.64. The lowest BCUT2D eigenvalue weighted by molar-refractivity contribution is 0.334. The first kappa shape index (κ1) is 12.8. The standard InChI is InChI=1S/C17H17NO2/c1-2-19-15-10-6-4-8-13(15)17(18)16-11-12-7-3-5-9-14(12)20-16/h3-11,17H,2,18H2,1H3. The van der Waals surface area contributed by atoms with Gasteiger partial charge in [-0.05, 0) is 25.1 Å². The molecule has 20 heavy (non-hydrogen) atoms. The number of fused-ring (bicyclic) bond motifs is 1. The molecule has 3 nitrogen and oxygen atoms in total. The third-order valence-corrected chi connectivity index (χ3v) is 3.31. The topological polar surface area (TPSA) is 48.4 Å².